The Morgan fingerprint density at radius 2 is 1.90 bits per heavy atom. The first-order valence-electron chi connectivity index (χ1n) is 6.13. The lowest BCUT2D eigenvalue weighted by Crippen LogP contribution is -2.15. The van der Waals surface area contributed by atoms with E-state index in [0.29, 0.717) is 0 Å². The highest BCUT2D eigenvalue weighted by atomic mass is 32.2. The molecule has 108 valence electrons. The molecule has 0 spiro atoms. The molecule has 2 aromatic rings. The number of aromatic amines is 1. The molecule has 0 saturated heterocycles. The number of H-pyrrole nitrogens is 1. The van der Waals surface area contributed by atoms with E-state index < -0.39 is 10.0 Å². The molecule has 0 saturated carbocycles. The fourth-order valence-electron chi connectivity index (χ4n) is 1.68. The van der Waals surface area contributed by atoms with E-state index >= 15 is 0 Å². The van der Waals surface area contributed by atoms with Crippen LogP contribution in [0.2, 0.25) is 0 Å². The number of hydrogen-bond donors (Lipinski definition) is 3. The predicted octanol–water partition coefficient (Wildman–Crippen LogP) is 2.09. The minimum absolute atomic E-state index is 0.0420. The van der Waals surface area contributed by atoms with E-state index in [0.717, 1.165) is 5.69 Å². The number of nitrogens with two attached hydrogens (primary N) is 1. The van der Waals surface area contributed by atoms with Crippen molar-refractivity contribution in [2.75, 3.05) is 10.5 Å². The van der Waals surface area contributed by atoms with Crippen molar-refractivity contribution in [2.45, 2.75) is 31.1 Å². The topological polar surface area (TPSA) is 101 Å². The quantitative estimate of drug-likeness (QED) is 0.754. The number of sulfonamides is 1. The molecule has 0 fully saturated rings. The summed E-state index contributed by atoms with van der Waals surface area (Å²) in [5, 5.41) is 6.79. The van der Waals surface area contributed by atoms with Crippen LogP contribution in [-0.2, 0) is 15.4 Å². The summed E-state index contributed by atoms with van der Waals surface area (Å²) in [6, 6.07) is 7.97. The summed E-state index contributed by atoms with van der Waals surface area (Å²) in [5.74, 6) is 0.248. The largest absolute Gasteiger partial charge is 0.398 e. The van der Waals surface area contributed by atoms with Gasteiger partial charge in [-0.05, 0) is 12.1 Å². The fraction of sp³-hybridized carbons (Fsp3) is 0.308. The van der Waals surface area contributed by atoms with E-state index in [2.05, 4.69) is 14.9 Å². The molecule has 0 unspecified atom stereocenters. The van der Waals surface area contributed by atoms with E-state index in [9.17, 15) is 8.42 Å². The van der Waals surface area contributed by atoms with Crippen molar-refractivity contribution in [3.8, 4) is 0 Å². The maximum Gasteiger partial charge on any atom is 0.265 e. The van der Waals surface area contributed by atoms with Crippen LogP contribution in [0.3, 0.4) is 0 Å². The van der Waals surface area contributed by atoms with E-state index in [1.54, 1.807) is 24.3 Å². The highest BCUT2D eigenvalue weighted by Crippen LogP contribution is 2.24. The molecule has 1 heterocycles. The van der Waals surface area contributed by atoms with Gasteiger partial charge in [0.05, 0.1) is 5.69 Å². The molecular weight excluding hydrogens is 276 g/mol. The molecule has 1 aromatic carbocycles. The van der Waals surface area contributed by atoms with E-state index in [-0.39, 0.29) is 21.8 Å². The van der Waals surface area contributed by atoms with Crippen LogP contribution in [0.1, 0.15) is 26.5 Å². The van der Waals surface area contributed by atoms with Crippen molar-refractivity contribution < 1.29 is 8.42 Å². The van der Waals surface area contributed by atoms with Crippen LogP contribution in [0.15, 0.2) is 35.2 Å². The zero-order valence-electron chi connectivity index (χ0n) is 11.6. The zero-order valence-corrected chi connectivity index (χ0v) is 12.5. The van der Waals surface area contributed by atoms with E-state index in [1.807, 2.05) is 20.8 Å². The monoisotopic (exact) mass is 294 g/mol. The molecule has 20 heavy (non-hydrogen) atoms. The normalized spacial score (nSPS) is 12.3. The fourth-order valence-corrected chi connectivity index (χ4v) is 2.80. The van der Waals surface area contributed by atoms with Crippen LogP contribution in [0.25, 0.3) is 0 Å². The minimum Gasteiger partial charge on any atom is -0.398 e. The maximum atomic E-state index is 12.2. The Hall–Kier alpha value is -2.02. The minimum atomic E-state index is -3.73. The Kier molecular flexibility index (Phi) is 3.47. The number of benzene rings is 1. The highest BCUT2D eigenvalue weighted by molar-refractivity contribution is 7.92. The lowest BCUT2D eigenvalue weighted by atomic mass is 9.92. The highest BCUT2D eigenvalue weighted by Gasteiger charge is 2.21. The van der Waals surface area contributed by atoms with Crippen LogP contribution in [0.4, 0.5) is 11.5 Å². The van der Waals surface area contributed by atoms with Gasteiger partial charge in [-0.1, -0.05) is 32.9 Å². The first-order valence-corrected chi connectivity index (χ1v) is 7.62. The number of nitrogens with one attached hydrogen (secondary N) is 2. The number of nitrogens with zero attached hydrogens (tertiary/aromatic N) is 1. The average molecular weight is 294 g/mol. The molecular formula is C13H18N4O2S. The molecule has 7 heteroatoms. The molecule has 4 N–H and O–H groups in total. The van der Waals surface area contributed by atoms with Gasteiger partial charge in [-0.3, -0.25) is 9.82 Å². The average Bonchev–Trinajstić information content (AvgIpc) is 2.76. The van der Waals surface area contributed by atoms with Crippen molar-refractivity contribution in [1.82, 2.24) is 10.2 Å². The molecule has 0 radical (unpaired) electrons. The molecule has 6 nitrogen and oxygen atoms in total. The summed E-state index contributed by atoms with van der Waals surface area (Å²) >= 11 is 0. The van der Waals surface area contributed by atoms with E-state index in [1.165, 1.54) is 6.07 Å². The number of para-hydroxylation sites is 1. The molecule has 0 amide bonds. The van der Waals surface area contributed by atoms with E-state index in [4.69, 9.17) is 5.73 Å². The van der Waals surface area contributed by atoms with Gasteiger partial charge in [-0.2, -0.15) is 5.10 Å². The standard InChI is InChI=1S/C13H18N4O2S/c1-13(2,3)11-8-12(16-15-11)17-20(18,19)10-7-5-4-6-9(10)14/h4-8H,14H2,1-3H3,(H2,15,16,17). The molecule has 2 rings (SSSR count). The first kappa shape index (κ1) is 14.4. The smallest absolute Gasteiger partial charge is 0.265 e. The Balaban J connectivity index is 2.30. The van der Waals surface area contributed by atoms with Gasteiger partial charge in [0.15, 0.2) is 5.82 Å². The summed E-state index contributed by atoms with van der Waals surface area (Å²) in [6.07, 6.45) is 0. The van der Waals surface area contributed by atoms with Gasteiger partial charge in [0.25, 0.3) is 10.0 Å². The number of aromatic nitrogens is 2. The van der Waals surface area contributed by atoms with Gasteiger partial charge in [0, 0.05) is 17.2 Å². The number of nitrogen functional groups attached to an aromatic ring is 1. The molecule has 0 aliphatic rings. The summed E-state index contributed by atoms with van der Waals surface area (Å²) in [7, 11) is -3.73. The number of anilines is 2. The van der Waals surface area contributed by atoms with Crippen molar-refractivity contribution in [1.29, 1.82) is 0 Å². The second kappa shape index (κ2) is 4.82. The zero-order chi connectivity index (χ0) is 15.0. The van der Waals surface area contributed by atoms with Crippen molar-refractivity contribution >= 4 is 21.5 Å². The molecule has 0 bridgehead atoms. The summed E-state index contributed by atoms with van der Waals surface area (Å²) in [4.78, 5) is 0.0420. The third-order valence-electron chi connectivity index (χ3n) is 2.83. The summed E-state index contributed by atoms with van der Waals surface area (Å²) in [6.45, 7) is 6.02. The first-order chi connectivity index (χ1) is 9.20. The van der Waals surface area contributed by atoms with Gasteiger partial charge in [0.1, 0.15) is 4.90 Å². The van der Waals surface area contributed by atoms with Gasteiger partial charge in [-0.15, -0.1) is 0 Å². The van der Waals surface area contributed by atoms with Crippen molar-refractivity contribution in [3.05, 3.63) is 36.0 Å². The van der Waals surface area contributed by atoms with Crippen molar-refractivity contribution in [2.24, 2.45) is 0 Å². The van der Waals surface area contributed by atoms with Gasteiger partial charge < -0.3 is 5.73 Å². The van der Waals surface area contributed by atoms with Crippen LogP contribution in [0, 0.1) is 0 Å². The Bertz CT molecular complexity index is 714. The lowest BCUT2D eigenvalue weighted by Gasteiger charge is -2.14. The van der Waals surface area contributed by atoms with Gasteiger partial charge >= 0.3 is 0 Å². The van der Waals surface area contributed by atoms with Gasteiger partial charge in [0.2, 0.25) is 0 Å². The van der Waals surface area contributed by atoms with Crippen LogP contribution in [0.5, 0.6) is 0 Å². The third kappa shape index (κ3) is 2.93. The predicted molar refractivity (Wildman–Crippen MR) is 79.0 cm³/mol. The third-order valence-corrected chi connectivity index (χ3v) is 4.26. The second-order valence-electron chi connectivity index (χ2n) is 5.56. The summed E-state index contributed by atoms with van der Waals surface area (Å²) < 4.78 is 26.9. The lowest BCUT2D eigenvalue weighted by molar-refractivity contribution is 0.567. The van der Waals surface area contributed by atoms with Crippen LogP contribution < -0.4 is 10.5 Å². The second-order valence-corrected chi connectivity index (χ2v) is 7.21. The SMILES string of the molecule is CC(C)(C)c1cc(NS(=O)(=O)c2ccccc2N)n[nH]1. The number of hydrogen-bond acceptors (Lipinski definition) is 4. The maximum absolute atomic E-state index is 12.2. The molecule has 0 atom stereocenters. The Morgan fingerprint density at radius 3 is 2.45 bits per heavy atom. The molecule has 0 aliphatic carbocycles. The summed E-state index contributed by atoms with van der Waals surface area (Å²) in [5.41, 5.74) is 6.60. The molecule has 0 aliphatic heterocycles. The van der Waals surface area contributed by atoms with Crippen LogP contribution >= 0.6 is 0 Å². The Labute approximate surface area is 118 Å². The van der Waals surface area contributed by atoms with Gasteiger partial charge in [-0.25, -0.2) is 8.42 Å². The van der Waals surface area contributed by atoms with Crippen LogP contribution in [-0.4, -0.2) is 18.6 Å². The van der Waals surface area contributed by atoms with Crippen molar-refractivity contribution in [3.63, 3.8) is 0 Å². The Morgan fingerprint density at radius 1 is 1.25 bits per heavy atom. The molecule has 1 aromatic heterocycles. The number of rotatable bonds is 3.